The number of carbonyl (C=O) groups excluding carboxylic acids is 1. The van der Waals surface area contributed by atoms with Crippen molar-refractivity contribution in [3.8, 4) is 0 Å². The summed E-state index contributed by atoms with van der Waals surface area (Å²) in [6, 6.07) is 0. The molecule has 0 aromatic carbocycles. The van der Waals surface area contributed by atoms with E-state index in [0.29, 0.717) is 30.3 Å². The van der Waals surface area contributed by atoms with E-state index in [1.807, 2.05) is 0 Å². The van der Waals surface area contributed by atoms with Gasteiger partial charge in [0.05, 0.1) is 13.2 Å². The standard InChI is InChI=1S/C12H19N3O3S/c1-2-18-12(16)9-10(13)15-19-11(9)14-5-6-17-7-8-3-4-8/h8,14H,2-7H2,1H3,(H2,13,15). The van der Waals surface area contributed by atoms with Crippen molar-refractivity contribution in [3.05, 3.63) is 5.56 Å². The average Bonchev–Trinajstić information content (AvgIpc) is 3.12. The lowest BCUT2D eigenvalue weighted by atomic mass is 10.3. The maximum atomic E-state index is 11.7. The number of hydrogen-bond acceptors (Lipinski definition) is 7. The van der Waals surface area contributed by atoms with Gasteiger partial charge in [-0.05, 0) is 37.2 Å². The van der Waals surface area contributed by atoms with Crippen LogP contribution < -0.4 is 11.1 Å². The molecule has 1 heterocycles. The summed E-state index contributed by atoms with van der Waals surface area (Å²) in [5.74, 6) is 0.536. The first kappa shape index (κ1) is 14.1. The zero-order valence-corrected chi connectivity index (χ0v) is 11.8. The zero-order valence-electron chi connectivity index (χ0n) is 11.0. The largest absolute Gasteiger partial charge is 0.462 e. The van der Waals surface area contributed by atoms with Crippen molar-refractivity contribution in [3.63, 3.8) is 0 Å². The highest BCUT2D eigenvalue weighted by Crippen LogP contribution is 2.29. The first-order valence-electron chi connectivity index (χ1n) is 6.46. The molecule has 0 radical (unpaired) electrons. The second kappa shape index (κ2) is 6.72. The molecule has 1 fully saturated rings. The number of hydrogen-bond donors (Lipinski definition) is 2. The Balaban J connectivity index is 1.79. The molecule has 0 saturated heterocycles. The normalized spacial score (nSPS) is 14.4. The van der Waals surface area contributed by atoms with E-state index >= 15 is 0 Å². The van der Waals surface area contributed by atoms with Crippen molar-refractivity contribution < 1.29 is 14.3 Å². The first-order valence-corrected chi connectivity index (χ1v) is 7.23. The van der Waals surface area contributed by atoms with E-state index < -0.39 is 5.97 Å². The fraction of sp³-hybridized carbons (Fsp3) is 0.667. The minimum Gasteiger partial charge on any atom is -0.462 e. The summed E-state index contributed by atoms with van der Waals surface area (Å²) in [6.45, 7) is 4.14. The van der Waals surface area contributed by atoms with Crippen LogP contribution in [-0.4, -0.2) is 36.7 Å². The Kier molecular flexibility index (Phi) is 4.98. The third-order valence-corrected chi connectivity index (χ3v) is 3.60. The predicted molar refractivity (Wildman–Crippen MR) is 74.5 cm³/mol. The third kappa shape index (κ3) is 4.07. The lowest BCUT2D eigenvalue weighted by Crippen LogP contribution is -2.13. The van der Waals surface area contributed by atoms with Crippen LogP contribution in [-0.2, 0) is 9.47 Å². The lowest BCUT2D eigenvalue weighted by molar-refractivity contribution is 0.0529. The van der Waals surface area contributed by atoms with Crippen molar-refractivity contribution in [1.82, 2.24) is 4.37 Å². The highest BCUT2D eigenvalue weighted by Gasteiger charge is 2.22. The van der Waals surface area contributed by atoms with Crippen LogP contribution in [0.15, 0.2) is 0 Å². The molecule has 0 atom stereocenters. The number of nitrogens with one attached hydrogen (secondary N) is 1. The number of rotatable bonds is 8. The van der Waals surface area contributed by atoms with E-state index in [-0.39, 0.29) is 5.82 Å². The van der Waals surface area contributed by atoms with E-state index in [2.05, 4.69) is 9.69 Å². The number of aromatic nitrogens is 1. The van der Waals surface area contributed by atoms with E-state index in [1.165, 1.54) is 12.8 Å². The fourth-order valence-corrected chi connectivity index (χ4v) is 2.32. The van der Waals surface area contributed by atoms with Gasteiger partial charge in [0.2, 0.25) is 0 Å². The molecule has 1 aromatic rings. The predicted octanol–water partition coefficient (Wildman–Crippen LogP) is 1.74. The van der Waals surface area contributed by atoms with Gasteiger partial charge in [-0.3, -0.25) is 0 Å². The monoisotopic (exact) mass is 285 g/mol. The van der Waals surface area contributed by atoms with Crippen molar-refractivity contribution in [1.29, 1.82) is 0 Å². The Hall–Kier alpha value is -1.34. The molecule has 2 rings (SSSR count). The molecular weight excluding hydrogens is 266 g/mol. The van der Waals surface area contributed by atoms with E-state index in [9.17, 15) is 4.79 Å². The van der Waals surface area contributed by atoms with Gasteiger partial charge in [0.15, 0.2) is 5.82 Å². The molecule has 0 bridgehead atoms. The van der Waals surface area contributed by atoms with Crippen LogP contribution in [0.1, 0.15) is 30.1 Å². The van der Waals surface area contributed by atoms with Gasteiger partial charge < -0.3 is 20.5 Å². The van der Waals surface area contributed by atoms with Crippen LogP contribution in [0.25, 0.3) is 0 Å². The number of nitrogens with two attached hydrogens (primary N) is 1. The number of carbonyl (C=O) groups is 1. The smallest absolute Gasteiger partial charge is 0.344 e. The highest BCUT2D eigenvalue weighted by atomic mass is 32.1. The number of nitrogen functional groups attached to an aromatic ring is 1. The van der Waals surface area contributed by atoms with Crippen LogP contribution in [0, 0.1) is 5.92 Å². The fourth-order valence-electron chi connectivity index (χ4n) is 1.59. The van der Waals surface area contributed by atoms with Crippen molar-refractivity contribution >= 4 is 28.3 Å². The molecule has 3 N–H and O–H groups in total. The lowest BCUT2D eigenvalue weighted by Gasteiger charge is -2.07. The molecule has 1 saturated carbocycles. The summed E-state index contributed by atoms with van der Waals surface area (Å²) in [5.41, 5.74) is 6.01. The van der Waals surface area contributed by atoms with Gasteiger partial charge in [-0.1, -0.05) is 0 Å². The van der Waals surface area contributed by atoms with Crippen LogP contribution in [0.5, 0.6) is 0 Å². The Morgan fingerprint density at radius 2 is 2.37 bits per heavy atom. The third-order valence-electron chi connectivity index (χ3n) is 2.78. The summed E-state index contributed by atoms with van der Waals surface area (Å²) in [7, 11) is 0. The van der Waals surface area contributed by atoms with Crippen molar-refractivity contribution in [2.75, 3.05) is 37.4 Å². The molecule has 19 heavy (non-hydrogen) atoms. The molecule has 1 aliphatic rings. The Bertz CT molecular complexity index is 432. The number of esters is 1. The minimum absolute atomic E-state index is 0.213. The topological polar surface area (TPSA) is 86.5 Å². The summed E-state index contributed by atoms with van der Waals surface area (Å²) in [6.07, 6.45) is 2.57. The van der Waals surface area contributed by atoms with Gasteiger partial charge in [-0.2, -0.15) is 4.37 Å². The summed E-state index contributed by atoms with van der Waals surface area (Å²) >= 11 is 1.16. The van der Waals surface area contributed by atoms with Gasteiger partial charge >= 0.3 is 5.97 Å². The Morgan fingerprint density at radius 3 is 3.05 bits per heavy atom. The molecule has 106 valence electrons. The SMILES string of the molecule is CCOC(=O)c1c(N)nsc1NCCOCC1CC1. The summed E-state index contributed by atoms with van der Waals surface area (Å²) in [4.78, 5) is 11.7. The molecule has 6 nitrogen and oxygen atoms in total. The average molecular weight is 285 g/mol. The van der Waals surface area contributed by atoms with Crippen molar-refractivity contribution in [2.45, 2.75) is 19.8 Å². The second-order valence-electron chi connectivity index (χ2n) is 4.44. The van der Waals surface area contributed by atoms with E-state index in [0.717, 1.165) is 24.1 Å². The molecular formula is C12H19N3O3S. The molecule has 0 spiro atoms. The molecule has 1 aliphatic carbocycles. The molecule has 0 amide bonds. The van der Waals surface area contributed by atoms with Gasteiger partial charge in [0.25, 0.3) is 0 Å². The van der Waals surface area contributed by atoms with Gasteiger partial charge in [-0.25, -0.2) is 4.79 Å². The summed E-state index contributed by atoms with van der Waals surface area (Å²) in [5, 5.41) is 3.76. The maximum Gasteiger partial charge on any atom is 0.344 e. The minimum atomic E-state index is -0.435. The van der Waals surface area contributed by atoms with Gasteiger partial charge in [-0.15, -0.1) is 0 Å². The van der Waals surface area contributed by atoms with Crippen LogP contribution in [0.4, 0.5) is 10.8 Å². The van der Waals surface area contributed by atoms with E-state index in [4.69, 9.17) is 15.2 Å². The number of anilines is 2. The van der Waals surface area contributed by atoms with Crippen LogP contribution in [0.3, 0.4) is 0 Å². The molecule has 0 unspecified atom stereocenters. The molecule has 1 aromatic heterocycles. The van der Waals surface area contributed by atoms with Crippen LogP contribution in [0.2, 0.25) is 0 Å². The van der Waals surface area contributed by atoms with E-state index in [1.54, 1.807) is 6.92 Å². The van der Waals surface area contributed by atoms with Crippen LogP contribution >= 0.6 is 11.5 Å². The molecule has 0 aliphatic heterocycles. The summed E-state index contributed by atoms with van der Waals surface area (Å²) < 4.78 is 14.4. The van der Waals surface area contributed by atoms with Gasteiger partial charge in [0.1, 0.15) is 10.6 Å². The molecule has 7 heteroatoms. The Morgan fingerprint density at radius 1 is 1.58 bits per heavy atom. The number of ether oxygens (including phenoxy) is 2. The van der Waals surface area contributed by atoms with Gasteiger partial charge in [0, 0.05) is 13.2 Å². The maximum absolute atomic E-state index is 11.7. The highest BCUT2D eigenvalue weighted by molar-refractivity contribution is 7.11. The zero-order chi connectivity index (χ0) is 13.7. The number of nitrogens with zero attached hydrogens (tertiary/aromatic N) is 1. The van der Waals surface area contributed by atoms with Crippen molar-refractivity contribution in [2.24, 2.45) is 5.92 Å². The second-order valence-corrected chi connectivity index (χ2v) is 5.21. The Labute approximate surface area is 116 Å². The first-order chi connectivity index (χ1) is 9.22. The quantitative estimate of drug-likeness (QED) is 0.559.